The summed E-state index contributed by atoms with van der Waals surface area (Å²) in [5.74, 6) is -3.20. The molecule has 0 N–H and O–H groups in total. The Balaban J connectivity index is 2.77. The Kier molecular flexibility index (Phi) is 6.06. The molecule has 1 rings (SSSR count). The highest BCUT2D eigenvalue weighted by Crippen LogP contribution is 2.20. The second-order valence-electron chi connectivity index (χ2n) is 4.03. The summed E-state index contributed by atoms with van der Waals surface area (Å²) < 4.78 is 32.2. The number of benzene rings is 1. The van der Waals surface area contributed by atoms with Crippen molar-refractivity contribution in [2.45, 2.75) is 13.3 Å². The molecule has 0 fully saturated rings. The van der Waals surface area contributed by atoms with E-state index in [1.54, 1.807) is 6.92 Å². The van der Waals surface area contributed by atoms with Crippen LogP contribution in [0.4, 0.5) is 8.78 Å². The van der Waals surface area contributed by atoms with Gasteiger partial charge >= 0.3 is 5.97 Å². The lowest BCUT2D eigenvalue weighted by atomic mass is 10.1. The van der Waals surface area contributed by atoms with Gasteiger partial charge in [0.2, 0.25) is 0 Å². The number of rotatable bonds is 5. The van der Waals surface area contributed by atoms with Crippen molar-refractivity contribution in [2.24, 2.45) is 0 Å². The van der Waals surface area contributed by atoms with E-state index in [1.807, 2.05) is 0 Å². The summed E-state index contributed by atoms with van der Waals surface area (Å²) in [6, 6.07) is 2.02. The number of hydrogen-bond acceptors (Lipinski definition) is 3. The van der Waals surface area contributed by atoms with Gasteiger partial charge in [0.15, 0.2) is 0 Å². The van der Waals surface area contributed by atoms with Crippen LogP contribution in [0.5, 0.6) is 0 Å². The van der Waals surface area contributed by atoms with Crippen LogP contribution < -0.4 is 0 Å². The number of ether oxygens (including phenoxy) is 1. The number of hydrogen-bond donors (Lipinski definition) is 0. The molecule has 0 aliphatic heterocycles. The molecule has 0 bridgehead atoms. The molecule has 0 heterocycles. The Labute approximate surface area is 123 Å². The van der Waals surface area contributed by atoms with Crippen LogP contribution in [0.25, 0.3) is 0 Å². The molecule has 0 aliphatic rings. The summed E-state index contributed by atoms with van der Waals surface area (Å²) in [7, 11) is 1.36. The summed E-state index contributed by atoms with van der Waals surface area (Å²) in [5.41, 5.74) is -0.639. The van der Waals surface area contributed by atoms with E-state index in [0.717, 1.165) is 17.0 Å². The summed E-state index contributed by atoms with van der Waals surface area (Å²) >= 11 is 2.93. The third-order valence-corrected chi connectivity index (χ3v) is 2.98. The van der Waals surface area contributed by atoms with Crippen LogP contribution in [0, 0.1) is 11.6 Å². The van der Waals surface area contributed by atoms with Gasteiger partial charge in [-0.05, 0) is 19.1 Å². The van der Waals surface area contributed by atoms with Crippen molar-refractivity contribution in [3.8, 4) is 0 Å². The maximum atomic E-state index is 13.6. The molecule has 0 atom stereocenters. The van der Waals surface area contributed by atoms with Gasteiger partial charge in [-0.1, -0.05) is 15.9 Å². The number of halogens is 3. The molecule has 1 amide bonds. The molecule has 1 aromatic rings. The molecular formula is C13H14BrF2NO3. The lowest BCUT2D eigenvalue weighted by Gasteiger charge is -2.17. The van der Waals surface area contributed by atoms with Crippen LogP contribution in [0.2, 0.25) is 0 Å². The number of nitrogens with zero attached hydrogens (tertiary/aromatic N) is 1. The molecule has 0 aliphatic carbocycles. The Morgan fingerprint density at radius 2 is 1.85 bits per heavy atom. The predicted octanol–water partition coefficient (Wildman–Crippen LogP) is 2.75. The molecule has 0 saturated carbocycles. The van der Waals surface area contributed by atoms with Gasteiger partial charge in [0.05, 0.1) is 13.0 Å². The van der Waals surface area contributed by atoms with Crippen LogP contribution >= 0.6 is 15.9 Å². The third-order valence-electron chi connectivity index (χ3n) is 2.52. The average Bonchev–Trinajstić information content (AvgIpc) is 2.34. The van der Waals surface area contributed by atoms with Gasteiger partial charge in [0.25, 0.3) is 5.91 Å². The molecular weight excluding hydrogens is 336 g/mol. The van der Waals surface area contributed by atoms with Crippen molar-refractivity contribution in [2.75, 3.05) is 20.2 Å². The van der Waals surface area contributed by atoms with Gasteiger partial charge in [-0.15, -0.1) is 0 Å². The maximum Gasteiger partial charge on any atom is 0.307 e. The molecule has 4 nitrogen and oxygen atoms in total. The van der Waals surface area contributed by atoms with E-state index < -0.39 is 29.1 Å². The molecule has 0 aromatic heterocycles. The number of amides is 1. The van der Waals surface area contributed by atoms with Gasteiger partial charge in [-0.3, -0.25) is 9.59 Å². The monoisotopic (exact) mass is 349 g/mol. The van der Waals surface area contributed by atoms with E-state index in [9.17, 15) is 18.4 Å². The summed E-state index contributed by atoms with van der Waals surface area (Å²) in [5, 5.41) is 0. The molecule has 7 heteroatoms. The summed E-state index contributed by atoms with van der Waals surface area (Å²) in [4.78, 5) is 24.2. The normalized spacial score (nSPS) is 10.2. The maximum absolute atomic E-state index is 13.6. The largest absolute Gasteiger partial charge is 0.466 e. The Bertz CT molecular complexity index is 499. The minimum atomic E-state index is -0.954. The van der Waals surface area contributed by atoms with Crippen LogP contribution in [0.3, 0.4) is 0 Å². The van der Waals surface area contributed by atoms with E-state index in [2.05, 4.69) is 15.9 Å². The second kappa shape index (κ2) is 7.33. The minimum absolute atomic E-state index is 0.0204. The highest BCUT2D eigenvalue weighted by Gasteiger charge is 2.22. The average molecular weight is 350 g/mol. The van der Waals surface area contributed by atoms with Crippen LogP contribution in [-0.2, 0) is 9.53 Å². The van der Waals surface area contributed by atoms with Crippen molar-refractivity contribution >= 4 is 27.8 Å². The zero-order valence-corrected chi connectivity index (χ0v) is 12.7. The fraction of sp³-hybridized carbons (Fsp3) is 0.385. The molecule has 110 valence electrons. The van der Waals surface area contributed by atoms with Crippen molar-refractivity contribution in [1.82, 2.24) is 4.90 Å². The second-order valence-corrected chi connectivity index (χ2v) is 4.94. The van der Waals surface area contributed by atoms with Crippen molar-refractivity contribution in [3.05, 3.63) is 33.8 Å². The Morgan fingerprint density at radius 1 is 1.30 bits per heavy atom. The molecule has 0 saturated heterocycles. The standard InChI is InChI=1S/C13H14BrF2NO3/c1-3-20-11(18)4-5-17(2)13(19)12-9(15)6-8(14)7-10(12)16/h6-7H,3-5H2,1-2H3. The van der Waals surface area contributed by atoms with Gasteiger partial charge < -0.3 is 9.64 Å². The van der Waals surface area contributed by atoms with Gasteiger partial charge in [-0.2, -0.15) is 0 Å². The number of carbonyl (C=O) groups excluding carboxylic acids is 2. The first kappa shape index (κ1) is 16.6. The predicted molar refractivity (Wildman–Crippen MR) is 72.3 cm³/mol. The highest BCUT2D eigenvalue weighted by atomic mass is 79.9. The molecule has 0 spiro atoms. The van der Waals surface area contributed by atoms with E-state index in [1.165, 1.54) is 7.05 Å². The zero-order chi connectivity index (χ0) is 15.3. The number of esters is 1. The Hall–Kier alpha value is -1.50. The van der Waals surface area contributed by atoms with Crippen LogP contribution in [-0.4, -0.2) is 37.0 Å². The van der Waals surface area contributed by atoms with Gasteiger partial charge in [0.1, 0.15) is 17.2 Å². The molecule has 0 unspecified atom stereocenters. The van der Waals surface area contributed by atoms with Crippen LogP contribution in [0.15, 0.2) is 16.6 Å². The lowest BCUT2D eigenvalue weighted by Crippen LogP contribution is -2.30. The Morgan fingerprint density at radius 3 is 2.35 bits per heavy atom. The minimum Gasteiger partial charge on any atom is -0.466 e. The van der Waals surface area contributed by atoms with Gasteiger partial charge in [0, 0.05) is 18.1 Å². The lowest BCUT2D eigenvalue weighted by molar-refractivity contribution is -0.143. The molecule has 20 heavy (non-hydrogen) atoms. The zero-order valence-electron chi connectivity index (χ0n) is 11.1. The third kappa shape index (κ3) is 4.26. The first-order valence-corrected chi connectivity index (χ1v) is 6.71. The van der Waals surface area contributed by atoms with Crippen molar-refractivity contribution in [1.29, 1.82) is 0 Å². The quantitative estimate of drug-likeness (QED) is 0.768. The van der Waals surface area contributed by atoms with Gasteiger partial charge in [-0.25, -0.2) is 8.78 Å². The van der Waals surface area contributed by atoms with E-state index in [-0.39, 0.29) is 24.0 Å². The molecule has 1 aromatic carbocycles. The first-order valence-electron chi connectivity index (χ1n) is 5.92. The fourth-order valence-corrected chi connectivity index (χ4v) is 1.93. The fourth-order valence-electron chi connectivity index (χ4n) is 1.53. The SMILES string of the molecule is CCOC(=O)CCN(C)C(=O)c1c(F)cc(Br)cc1F. The van der Waals surface area contributed by atoms with E-state index >= 15 is 0 Å². The highest BCUT2D eigenvalue weighted by molar-refractivity contribution is 9.10. The van der Waals surface area contributed by atoms with Crippen molar-refractivity contribution in [3.63, 3.8) is 0 Å². The van der Waals surface area contributed by atoms with Crippen molar-refractivity contribution < 1.29 is 23.1 Å². The summed E-state index contributed by atoms with van der Waals surface area (Å²) in [6.45, 7) is 1.93. The first-order chi connectivity index (χ1) is 9.36. The van der Waals surface area contributed by atoms with E-state index in [4.69, 9.17) is 4.74 Å². The van der Waals surface area contributed by atoms with Crippen LogP contribution in [0.1, 0.15) is 23.7 Å². The number of carbonyl (C=O) groups is 2. The molecule has 0 radical (unpaired) electrons. The topological polar surface area (TPSA) is 46.6 Å². The smallest absolute Gasteiger partial charge is 0.307 e. The van der Waals surface area contributed by atoms with E-state index in [0.29, 0.717) is 0 Å². The summed E-state index contributed by atoms with van der Waals surface area (Å²) in [6.07, 6.45) is -0.0319.